The third kappa shape index (κ3) is 10.7. The highest BCUT2D eigenvalue weighted by Gasteiger charge is 2.11. The van der Waals surface area contributed by atoms with Crippen LogP contribution in [-0.4, -0.2) is 35.4 Å². The molecular formula is C6H16Cl2N4O2S2. The summed E-state index contributed by atoms with van der Waals surface area (Å²) in [5.41, 5.74) is 20.6. The Morgan fingerprint density at radius 3 is 1.31 bits per heavy atom. The van der Waals surface area contributed by atoms with E-state index in [0.29, 0.717) is 11.5 Å². The second-order valence-corrected chi connectivity index (χ2v) is 5.14. The molecule has 0 bridgehead atoms. The Hall–Kier alpha value is 0.140. The first-order chi connectivity index (χ1) is 6.45. The van der Waals surface area contributed by atoms with Crippen molar-refractivity contribution in [2.45, 2.75) is 12.1 Å². The van der Waals surface area contributed by atoms with Gasteiger partial charge >= 0.3 is 0 Å². The second kappa shape index (κ2) is 11.6. The first-order valence-electron chi connectivity index (χ1n) is 3.79. The lowest BCUT2D eigenvalue weighted by Gasteiger charge is -2.08. The topological polar surface area (TPSA) is 138 Å². The number of rotatable bonds is 7. The minimum absolute atomic E-state index is 0. The van der Waals surface area contributed by atoms with Gasteiger partial charge in [0, 0.05) is 11.5 Å². The van der Waals surface area contributed by atoms with Crippen LogP contribution in [0.1, 0.15) is 0 Å². The molecule has 10 heteroatoms. The van der Waals surface area contributed by atoms with E-state index in [1.54, 1.807) is 0 Å². The van der Waals surface area contributed by atoms with Crippen LogP contribution in [0.4, 0.5) is 0 Å². The van der Waals surface area contributed by atoms with Crippen molar-refractivity contribution in [1.29, 1.82) is 0 Å². The Morgan fingerprint density at radius 2 is 1.12 bits per heavy atom. The maximum atomic E-state index is 10.5. The van der Waals surface area contributed by atoms with E-state index in [1.807, 2.05) is 0 Å². The van der Waals surface area contributed by atoms with Gasteiger partial charge in [-0.1, -0.05) is 21.6 Å². The van der Waals surface area contributed by atoms with Gasteiger partial charge in [-0.2, -0.15) is 0 Å². The van der Waals surface area contributed by atoms with Gasteiger partial charge in [0.2, 0.25) is 11.8 Å². The van der Waals surface area contributed by atoms with E-state index in [4.69, 9.17) is 22.9 Å². The molecule has 98 valence electrons. The van der Waals surface area contributed by atoms with E-state index in [0.717, 1.165) is 0 Å². The summed E-state index contributed by atoms with van der Waals surface area (Å²) < 4.78 is 0. The molecule has 6 nitrogen and oxygen atoms in total. The van der Waals surface area contributed by atoms with Gasteiger partial charge in [0.05, 0.1) is 12.1 Å². The molecule has 0 aliphatic carbocycles. The third-order valence-electron chi connectivity index (χ3n) is 1.31. The molecule has 0 saturated heterocycles. The van der Waals surface area contributed by atoms with E-state index < -0.39 is 23.9 Å². The number of primary amides is 2. The molecule has 0 fully saturated rings. The Morgan fingerprint density at radius 1 is 0.875 bits per heavy atom. The normalized spacial score (nSPS) is 12.9. The summed E-state index contributed by atoms with van der Waals surface area (Å²) in [6.07, 6.45) is 0. The van der Waals surface area contributed by atoms with Crippen molar-refractivity contribution in [3.05, 3.63) is 0 Å². The van der Waals surface area contributed by atoms with E-state index in [2.05, 4.69) is 0 Å². The van der Waals surface area contributed by atoms with Crippen LogP contribution in [0.2, 0.25) is 0 Å². The predicted octanol–water partition coefficient (Wildman–Crippen LogP) is -1.16. The van der Waals surface area contributed by atoms with Gasteiger partial charge in [0.15, 0.2) is 0 Å². The van der Waals surface area contributed by atoms with Crippen LogP contribution in [0.3, 0.4) is 0 Å². The number of hydrogen-bond donors (Lipinski definition) is 4. The molecular weight excluding hydrogens is 295 g/mol. The van der Waals surface area contributed by atoms with Crippen molar-refractivity contribution >= 4 is 58.2 Å². The minimum Gasteiger partial charge on any atom is -0.368 e. The molecule has 2 amide bonds. The molecule has 0 heterocycles. The molecule has 0 aromatic carbocycles. The van der Waals surface area contributed by atoms with Crippen LogP contribution < -0.4 is 22.9 Å². The number of amides is 2. The molecule has 8 N–H and O–H groups in total. The lowest BCUT2D eigenvalue weighted by Crippen LogP contribution is -2.39. The fourth-order valence-electron chi connectivity index (χ4n) is 0.407. The number of halogens is 2. The summed E-state index contributed by atoms with van der Waals surface area (Å²) in [5, 5.41) is 0. The Balaban J connectivity index is -0.000000845. The summed E-state index contributed by atoms with van der Waals surface area (Å²) in [6, 6.07) is -1.34. The SMILES string of the molecule is Cl.Cl.NC(=O)[C@H](N)CSSC[C@@H](N)C(N)=O. The highest BCUT2D eigenvalue weighted by atomic mass is 35.5. The van der Waals surface area contributed by atoms with Crippen LogP contribution in [-0.2, 0) is 9.59 Å². The van der Waals surface area contributed by atoms with Gasteiger partial charge in [0.1, 0.15) is 0 Å². The quantitative estimate of drug-likeness (QED) is 0.345. The Labute approximate surface area is 114 Å². The highest BCUT2D eigenvalue weighted by molar-refractivity contribution is 8.76. The smallest absolute Gasteiger partial charge is 0.235 e. The monoisotopic (exact) mass is 310 g/mol. The summed E-state index contributed by atoms with van der Waals surface area (Å²) in [7, 11) is 2.68. The van der Waals surface area contributed by atoms with Crippen LogP contribution in [0.15, 0.2) is 0 Å². The fraction of sp³-hybridized carbons (Fsp3) is 0.667. The molecule has 0 spiro atoms. The predicted molar refractivity (Wildman–Crippen MR) is 73.8 cm³/mol. The van der Waals surface area contributed by atoms with E-state index in [1.165, 1.54) is 21.6 Å². The number of nitrogens with two attached hydrogens (primary N) is 4. The molecule has 0 aromatic heterocycles. The molecule has 0 aliphatic rings. The zero-order valence-electron chi connectivity index (χ0n) is 8.33. The number of carbonyl (C=O) groups excluding carboxylic acids is 2. The van der Waals surface area contributed by atoms with Crippen LogP contribution in [0, 0.1) is 0 Å². The van der Waals surface area contributed by atoms with Crippen LogP contribution >= 0.6 is 46.4 Å². The molecule has 0 rings (SSSR count). The Bertz CT molecular complexity index is 201. The summed E-state index contributed by atoms with van der Waals surface area (Å²) in [6.45, 7) is 0. The molecule has 0 aliphatic heterocycles. The van der Waals surface area contributed by atoms with Crippen LogP contribution in [0.5, 0.6) is 0 Å². The maximum Gasteiger partial charge on any atom is 0.235 e. The van der Waals surface area contributed by atoms with Crippen LogP contribution in [0.25, 0.3) is 0 Å². The van der Waals surface area contributed by atoms with Crippen molar-refractivity contribution in [2.24, 2.45) is 22.9 Å². The Kier molecular flexibility index (Phi) is 15.6. The standard InChI is InChI=1S/C6H14N4O2S2.2ClH/c7-3(5(9)11)1-13-14-2-4(8)6(10)12;;/h3-4H,1-2,7-8H2,(H2,9,11)(H2,10,12);2*1H/t3-,4-;;/m1../s1. The molecule has 0 saturated carbocycles. The van der Waals surface area contributed by atoms with Crippen molar-refractivity contribution in [2.75, 3.05) is 11.5 Å². The summed E-state index contributed by atoms with van der Waals surface area (Å²) in [5.74, 6) is -0.300. The fourth-order valence-corrected chi connectivity index (χ4v) is 2.68. The van der Waals surface area contributed by atoms with Gasteiger partial charge < -0.3 is 22.9 Å². The van der Waals surface area contributed by atoms with Crippen molar-refractivity contribution in [3.63, 3.8) is 0 Å². The summed E-state index contributed by atoms with van der Waals surface area (Å²) >= 11 is 0. The summed E-state index contributed by atoms with van der Waals surface area (Å²) in [4.78, 5) is 21.0. The molecule has 0 radical (unpaired) electrons. The van der Waals surface area contributed by atoms with E-state index >= 15 is 0 Å². The van der Waals surface area contributed by atoms with Crippen molar-refractivity contribution in [1.82, 2.24) is 0 Å². The number of hydrogen-bond acceptors (Lipinski definition) is 6. The van der Waals surface area contributed by atoms with Gasteiger partial charge in [0.25, 0.3) is 0 Å². The lowest BCUT2D eigenvalue weighted by molar-refractivity contribution is -0.119. The van der Waals surface area contributed by atoms with Gasteiger partial charge in [-0.25, -0.2) is 0 Å². The molecule has 2 atom stereocenters. The highest BCUT2D eigenvalue weighted by Crippen LogP contribution is 2.21. The molecule has 0 unspecified atom stereocenters. The van der Waals surface area contributed by atoms with Gasteiger partial charge in [-0.15, -0.1) is 24.8 Å². The average molecular weight is 311 g/mol. The molecule has 16 heavy (non-hydrogen) atoms. The first kappa shape index (κ1) is 21.4. The van der Waals surface area contributed by atoms with E-state index in [9.17, 15) is 9.59 Å². The second-order valence-electron chi connectivity index (χ2n) is 2.59. The van der Waals surface area contributed by atoms with E-state index in [-0.39, 0.29) is 24.8 Å². The lowest BCUT2D eigenvalue weighted by atomic mass is 10.3. The minimum atomic E-state index is -0.669. The maximum absolute atomic E-state index is 10.5. The zero-order valence-corrected chi connectivity index (χ0v) is 11.6. The first-order valence-corrected chi connectivity index (χ1v) is 6.28. The van der Waals surface area contributed by atoms with Crippen molar-refractivity contribution < 1.29 is 9.59 Å². The third-order valence-corrected chi connectivity index (χ3v) is 3.78. The zero-order chi connectivity index (χ0) is 11.1. The number of carbonyl (C=O) groups is 2. The molecule has 0 aromatic rings. The van der Waals surface area contributed by atoms with Crippen molar-refractivity contribution in [3.8, 4) is 0 Å². The largest absolute Gasteiger partial charge is 0.368 e. The average Bonchev–Trinajstić information content (AvgIpc) is 2.11. The van der Waals surface area contributed by atoms with Gasteiger partial charge in [-0.3, -0.25) is 9.59 Å². The van der Waals surface area contributed by atoms with Gasteiger partial charge in [-0.05, 0) is 0 Å².